The molecule has 0 unspecified atom stereocenters. The van der Waals surface area contributed by atoms with Crippen LogP contribution < -0.4 is 10.1 Å². The Labute approximate surface area is 117 Å². The maximum absolute atomic E-state index is 11.9. The second-order valence-corrected chi connectivity index (χ2v) is 4.32. The van der Waals surface area contributed by atoms with Gasteiger partial charge in [0.1, 0.15) is 12.1 Å². The first-order valence-corrected chi connectivity index (χ1v) is 6.56. The van der Waals surface area contributed by atoms with E-state index < -0.39 is 6.10 Å². The third kappa shape index (κ3) is 3.57. The van der Waals surface area contributed by atoms with Gasteiger partial charge in [-0.25, -0.2) is 0 Å². The maximum Gasteiger partial charge on any atom is 0.261 e. The van der Waals surface area contributed by atoms with Gasteiger partial charge in [0.05, 0.1) is 6.54 Å². The number of amides is 1. The van der Waals surface area contributed by atoms with Crippen molar-refractivity contribution in [3.05, 3.63) is 42.5 Å². The maximum atomic E-state index is 11.9. The molecule has 1 heterocycles. The van der Waals surface area contributed by atoms with Gasteiger partial charge in [-0.2, -0.15) is 0 Å². The fourth-order valence-corrected chi connectivity index (χ4v) is 1.75. The van der Waals surface area contributed by atoms with Crippen molar-refractivity contribution < 1.29 is 9.53 Å². The summed E-state index contributed by atoms with van der Waals surface area (Å²) >= 11 is 0. The van der Waals surface area contributed by atoms with Crippen LogP contribution in [0.3, 0.4) is 0 Å². The Hall–Kier alpha value is -2.37. The zero-order valence-corrected chi connectivity index (χ0v) is 11.6. The number of carbonyl (C=O) groups excluding carboxylic acids is 1. The van der Waals surface area contributed by atoms with Crippen LogP contribution in [0.1, 0.15) is 19.7 Å². The molecule has 0 aliphatic rings. The quantitative estimate of drug-likeness (QED) is 0.864. The Morgan fingerprint density at radius 3 is 2.85 bits per heavy atom. The summed E-state index contributed by atoms with van der Waals surface area (Å²) in [5.41, 5.74) is 0. The van der Waals surface area contributed by atoms with Crippen molar-refractivity contribution in [2.45, 2.75) is 33.0 Å². The minimum absolute atomic E-state index is 0.181. The number of hydrogen-bond acceptors (Lipinski definition) is 4. The normalized spacial score (nSPS) is 11.9. The molecular weight excluding hydrogens is 256 g/mol. The number of nitrogens with zero attached hydrogens (tertiary/aromatic N) is 3. The van der Waals surface area contributed by atoms with Crippen LogP contribution >= 0.6 is 0 Å². The van der Waals surface area contributed by atoms with Crippen LogP contribution in [0.25, 0.3) is 0 Å². The standard InChI is InChI=1S/C14H18N4O2/c1-3-18-10-16-17-13(18)9-15-14(19)11(2)20-12-7-5-4-6-8-12/h4-8,10-11H,3,9H2,1-2H3,(H,15,19)/t11-/m1/s1. The molecule has 1 atom stereocenters. The Morgan fingerprint density at radius 1 is 1.40 bits per heavy atom. The fraction of sp³-hybridized carbons (Fsp3) is 0.357. The van der Waals surface area contributed by atoms with Crippen molar-refractivity contribution in [3.63, 3.8) is 0 Å². The zero-order valence-electron chi connectivity index (χ0n) is 11.6. The summed E-state index contributed by atoms with van der Waals surface area (Å²) in [6, 6.07) is 9.26. The molecule has 0 saturated carbocycles. The first kappa shape index (κ1) is 14.0. The Bertz CT molecular complexity index is 553. The number of aryl methyl sites for hydroxylation is 1. The lowest BCUT2D eigenvalue weighted by Gasteiger charge is -2.14. The summed E-state index contributed by atoms with van der Waals surface area (Å²) in [4.78, 5) is 11.9. The van der Waals surface area contributed by atoms with Crippen molar-refractivity contribution >= 4 is 5.91 Å². The van der Waals surface area contributed by atoms with Gasteiger partial charge in [0.25, 0.3) is 5.91 Å². The van der Waals surface area contributed by atoms with Crippen LogP contribution in [0.5, 0.6) is 5.75 Å². The molecule has 20 heavy (non-hydrogen) atoms. The van der Waals surface area contributed by atoms with E-state index in [1.807, 2.05) is 41.8 Å². The molecule has 2 rings (SSSR count). The molecule has 1 aromatic heterocycles. The highest BCUT2D eigenvalue weighted by Gasteiger charge is 2.15. The second kappa shape index (κ2) is 6.70. The molecule has 106 valence electrons. The van der Waals surface area contributed by atoms with E-state index in [1.54, 1.807) is 13.3 Å². The molecule has 0 fully saturated rings. The Kier molecular flexibility index (Phi) is 4.70. The van der Waals surface area contributed by atoms with Gasteiger partial charge >= 0.3 is 0 Å². The number of aromatic nitrogens is 3. The highest BCUT2D eigenvalue weighted by molar-refractivity contribution is 5.80. The number of ether oxygens (including phenoxy) is 1. The average molecular weight is 274 g/mol. The monoisotopic (exact) mass is 274 g/mol. The third-order valence-corrected chi connectivity index (χ3v) is 2.88. The highest BCUT2D eigenvalue weighted by atomic mass is 16.5. The molecular formula is C14H18N4O2. The predicted octanol–water partition coefficient (Wildman–Crippen LogP) is 1.38. The Morgan fingerprint density at radius 2 is 2.15 bits per heavy atom. The third-order valence-electron chi connectivity index (χ3n) is 2.88. The molecule has 6 heteroatoms. The molecule has 0 saturated heterocycles. The number of para-hydroxylation sites is 1. The first-order valence-electron chi connectivity index (χ1n) is 6.56. The zero-order chi connectivity index (χ0) is 14.4. The molecule has 1 N–H and O–H groups in total. The molecule has 1 amide bonds. The number of benzene rings is 1. The summed E-state index contributed by atoms with van der Waals surface area (Å²) < 4.78 is 7.43. The second-order valence-electron chi connectivity index (χ2n) is 4.32. The molecule has 2 aromatic rings. The van der Waals surface area contributed by atoms with Crippen molar-refractivity contribution in [1.82, 2.24) is 20.1 Å². The van der Waals surface area contributed by atoms with E-state index >= 15 is 0 Å². The molecule has 0 aliphatic heterocycles. The van der Waals surface area contributed by atoms with Gasteiger partial charge in [-0.3, -0.25) is 4.79 Å². The number of carbonyl (C=O) groups is 1. The fourth-order valence-electron chi connectivity index (χ4n) is 1.75. The molecule has 0 bridgehead atoms. The van der Waals surface area contributed by atoms with E-state index in [9.17, 15) is 4.79 Å². The van der Waals surface area contributed by atoms with Gasteiger partial charge in [0.15, 0.2) is 11.9 Å². The van der Waals surface area contributed by atoms with Gasteiger partial charge in [0, 0.05) is 6.54 Å². The number of rotatable bonds is 6. The minimum atomic E-state index is -0.560. The number of hydrogen-bond donors (Lipinski definition) is 1. The Balaban J connectivity index is 1.85. The molecule has 0 aliphatic carbocycles. The largest absolute Gasteiger partial charge is 0.481 e. The van der Waals surface area contributed by atoms with Crippen molar-refractivity contribution in [3.8, 4) is 5.75 Å². The average Bonchev–Trinajstić information content (AvgIpc) is 2.93. The van der Waals surface area contributed by atoms with E-state index in [1.165, 1.54) is 0 Å². The lowest BCUT2D eigenvalue weighted by molar-refractivity contribution is -0.127. The van der Waals surface area contributed by atoms with Gasteiger partial charge in [-0.1, -0.05) is 18.2 Å². The minimum Gasteiger partial charge on any atom is -0.481 e. The lowest BCUT2D eigenvalue weighted by atomic mass is 10.3. The van der Waals surface area contributed by atoms with E-state index in [0.717, 1.165) is 12.4 Å². The summed E-state index contributed by atoms with van der Waals surface area (Å²) in [6.07, 6.45) is 1.08. The summed E-state index contributed by atoms with van der Waals surface area (Å²) in [7, 11) is 0. The highest BCUT2D eigenvalue weighted by Crippen LogP contribution is 2.10. The smallest absolute Gasteiger partial charge is 0.261 e. The molecule has 6 nitrogen and oxygen atoms in total. The van der Waals surface area contributed by atoms with Crippen LogP contribution in [0.2, 0.25) is 0 Å². The SMILES string of the molecule is CCn1cnnc1CNC(=O)[C@@H](C)Oc1ccccc1. The van der Waals surface area contributed by atoms with Crippen LogP contribution in [-0.2, 0) is 17.9 Å². The van der Waals surface area contributed by atoms with Gasteiger partial charge in [-0.15, -0.1) is 10.2 Å². The van der Waals surface area contributed by atoms with Gasteiger partial charge in [0.2, 0.25) is 0 Å². The summed E-state index contributed by atoms with van der Waals surface area (Å²) in [5.74, 6) is 1.22. The van der Waals surface area contributed by atoms with Crippen LogP contribution in [-0.4, -0.2) is 26.8 Å². The first-order chi connectivity index (χ1) is 9.70. The molecule has 0 spiro atoms. The van der Waals surface area contributed by atoms with Crippen molar-refractivity contribution in [2.24, 2.45) is 0 Å². The van der Waals surface area contributed by atoms with E-state index in [2.05, 4.69) is 15.5 Å². The van der Waals surface area contributed by atoms with Crippen molar-refractivity contribution in [1.29, 1.82) is 0 Å². The van der Waals surface area contributed by atoms with E-state index in [-0.39, 0.29) is 5.91 Å². The van der Waals surface area contributed by atoms with Crippen molar-refractivity contribution in [2.75, 3.05) is 0 Å². The van der Waals surface area contributed by atoms with Crippen LogP contribution in [0.4, 0.5) is 0 Å². The van der Waals surface area contributed by atoms with Gasteiger partial charge in [-0.05, 0) is 26.0 Å². The summed E-state index contributed by atoms with van der Waals surface area (Å²) in [5, 5.41) is 10.6. The number of nitrogens with one attached hydrogen (secondary N) is 1. The predicted molar refractivity (Wildman–Crippen MR) is 74.1 cm³/mol. The van der Waals surface area contributed by atoms with Crippen LogP contribution in [0.15, 0.2) is 36.7 Å². The summed E-state index contributed by atoms with van der Waals surface area (Å²) in [6.45, 7) is 4.83. The molecule has 0 radical (unpaired) electrons. The van der Waals surface area contributed by atoms with Crippen LogP contribution in [0, 0.1) is 0 Å². The van der Waals surface area contributed by atoms with E-state index in [0.29, 0.717) is 12.3 Å². The molecule has 1 aromatic carbocycles. The topological polar surface area (TPSA) is 69.0 Å². The lowest BCUT2D eigenvalue weighted by Crippen LogP contribution is -2.36. The van der Waals surface area contributed by atoms with Gasteiger partial charge < -0.3 is 14.6 Å². The van der Waals surface area contributed by atoms with E-state index in [4.69, 9.17) is 4.74 Å².